The van der Waals surface area contributed by atoms with Gasteiger partial charge in [-0.05, 0) is 30.7 Å². The van der Waals surface area contributed by atoms with Crippen LogP contribution in [0.25, 0.3) is 0 Å². The number of hydrogen-bond acceptors (Lipinski definition) is 3. The van der Waals surface area contributed by atoms with Gasteiger partial charge in [-0.1, -0.05) is 24.6 Å². The second-order valence-corrected chi connectivity index (χ2v) is 7.51. The van der Waals surface area contributed by atoms with Crippen molar-refractivity contribution in [3.05, 3.63) is 57.5 Å². The van der Waals surface area contributed by atoms with Crippen molar-refractivity contribution in [2.75, 3.05) is 11.4 Å². The number of pyridine rings is 1. The van der Waals surface area contributed by atoms with Crippen LogP contribution in [-0.2, 0) is 7.05 Å². The first-order chi connectivity index (χ1) is 11.0. The molecule has 0 radical (unpaired) electrons. The minimum Gasteiger partial charge on any atom is -0.307 e. The first-order valence-electron chi connectivity index (χ1n) is 7.41. The fourth-order valence-electron chi connectivity index (χ4n) is 2.64. The summed E-state index contributed by atoms with van der Waals surface area (Å²) in [5.74, 6) is -0.177. The van der Waals surface area contributed by atoms with Gasteiger partial charge in [-0.25, -0.2) is 0 Å². The number of amides is 1. The maximum absolute atomic E-state index is 13.0. The second-order valence-electron chi connectivity index (χ2n) is 5.59. The molecule has 0 N–H and O–H groups in total. The molecular formula is C17H17ClN2O2S. The molecule has 0 fully saturated rings. The van der Waals surface area contributed by atoms with Gasteiger partial charge in [0.05, 0.1) is 5.69 Å². The monoisotopic (exact) mass is 348 g/mol. The van der Waals surface area contributed by atoms with Crippen molar-refractivity contribution in [2.24, 2.45) is 7.05 Å². The van der Waals surface area contributed by atoms with E-state index in [1.54, 1.807) is 35.8 Å². The molecule has 1 unspecified atom stereocenters. The zero-order valence-corrected chi connectivity index (χ0v) is 14.5. The lowest BCUT2D eigenvalue weighted by molar-refractivity contribution is 0.0977. The van der Waals surface area contributed by atoms with Crippen molar-refractivity contribution < 1.29 is 4.79 Å². The van der Waals surface area contributed by atoms with Crippen molar-refractivity contribution in [3.8, 4) is 0 Å². The number of nitrogens with zero attached hydrogens (tertiary/aromatic N) is 2. The van der Waals surface area contributed by atoms with Crippen molar-refractivity contribution in [1.82, 2.24) is 4.57 Å². The lowest BCUT2D eigenvalue weighted by Gasteiger charge is -2.23. The van der Waals surface area contributed by atoms with E-state index in [1.807, 2.05) is 18.2 Å². The third kappa shape index (κ3) is 3.16. The van der Waals surface area contributed by atoms with Gasteiger partial charge in [-0.15, -0.1) is 11.8 Å². The third-order valence-electron chi connectivity index (χ3n) is 3.95. The minimum atomic E-state index is -0.195. The zero-order chi connectivity index (χ0) is 16.6. The number of rotatable bonds is 1. The Morgan fingerprint density at radius 1 is 1.30 bits per heavy atom. The van der Waals surface area contributed by atoms with Crippen LogP contribution in [-0.4, -0.2) is 22.3 Å². The van der Waals surface area contributed by atoms with E-state index < -0.39 is 0 Å². The highest BCUT2D eigenvalue weighted by molar-refractivity contribution is 8.00. The summed E-state index contributed by atoms with van der Waals surface area (Å²) in [6.07, 6.45) is 0.878. The number of anilines is 1. The Balaban J connectivity index is 2.09. The predicted octanol–water partition coefficient (Wildman–Crippen LogP) is 3.57. The van der Waals surface area contributed by atoms with Crippen LogP contribution in [0.5, 0.6) is 0 Å². The first kappa shape index (κ1) is 16.1. The molecule has 0 saturated carbocycles. The van der Waals surface area contributed by atoms with Crippen molar-refractivity contribution in [1.29, 1.82) is 0 Å². The maximum atomic E-state index is 13.0. The van der Waals surface area contributed by atoms with Crippen LogP contribution in [0.2, 0.25) is 5.02 Å². The summed E-state index contributed by atoms with van der Waals surface area (Å²) in [6.45, 7) is 2.75. The topological polar surface area (TPSA) is 42.3 Å². The Labute approximate surface area is 144 Å². The first-order valence-corrected chi connectivity index (χ1v) is 8.67. The average molecular weight is 349 g/mol. The van der Waals surface area contributed by atoms with Gasteiger partial charge in [0.2, 0.25) is 0 Å². The molecule has 23 heavy (non-hydrogen) atoms. The summed E-state index contributed by atoms with van der Waals surface area (Å²) < 4.78 is 1.38. The molecule has 1 atom stereocenters. The van der Waals surface area contributed by atoms with Gasteiger partial charge >= 0.3 is 0 Å². The number of aromatic nitrogens is 1. The summed E-state index contributed by atoms with van der Waals surface area (Å²) in [7, 11) is 1.61. The molecule has 1 aliphatic heterocycles. The van der Waals surface area contributed by atoms with Crippen LogP contribution in [0.3, 0.4) is 0 Å². The van der Waals surface area contributed by atoms with Crippen LogP contribution in [0.15, 0.2) is 46.1 Å². The van der Waals surface area contributed by atoms with Crippen LogP contribution in [0, 0.1) is 0 Å². The summed E-state index contributed by atoms with van der Waals surface area (Å²) in [6, 6.07) is 10.3. The Morgan fingerprint density at radius 2 is 2.09 bits per heavy atom. The van der Waals surface area contributed by atoms with Gasteiger partial charge in [-0.2, -0.15) is 0 Å². The molecule has 120 valence electrons. The van der Waals surface area contributed by atoms with Crippen molar-refractivity contribution >= 4 is 35.0 Å². The lowest BCUT2D eigenvalue weighted by Crippen LogP contribution is -2.36. The standard InChI is InChI=1S/C17H17ClN2O2S/c1-11-8-9-20(14-10-12(18)6-7-15(14)23-11)17(22)13-4-3-5-16(21)19(13)2/h3-7,10-11H,8-9H2,1-2H3. The van der Waals surface area contributed by atoms with E-state index in [1.165, 1.54) is 10.6 Å². The summed E-state index contributed by atoms with van der Waals surface area (Å²) in [5.41, 5.74) is 0.996. The van der Waals surface area contributed by atoms with Gasteiger partial charge in [-0.3, -0.25) is 9.59 Å². The molecular weight excluding hydrogens is 332 g/mol. The van der Waals surface area contributed by atoms with Crippen LogP contribution in [0.4, 0.5) is 5.69 Å². The summed E-state index contributed by atoms with van der Waals surface area (Å²) in [4.78, 5) is 27.6. The third-order valence-corrected chi connectivity index (χ3v) is 5.42. The molecule has 2 heterocycles. The lowest BCUT2D eigenvalue weighted by atomic mass is 10.2. The molecule has 1 aromatic carbocycles. The SMILES string of the molecule is CC1CCN(C(=O)c2cccc(=O)n2C)c2cc(Cl)ccc2S1. The Bertz CT molecular complexity index is 818. The molecule has 4 nitrogen and oxygen atoms in total. The molecule has 0 spiro atoms. The number of halogens is 1. The second kappa shape index (κ2) is 6.42. The molecule has 0 saturated heterocycles. The zero-order valence-electron chi connectivity index (χ0n) is 13.0. The van der Waals surface area contributed by atoms with E-state index in [4.69, 9.17) is 11.6 Å². The normalized spacial score (nSPS) is 17.5. The number of carbonyl (C=O) groups excluding carboxylic acids is 1. The van der Waals surface area contributed by atoms with Crippen LogP contribution in [0.1, 0.15) is 23.8 Å². The highest BCUT2D eigenvalue weighted by atomic mass is 35.5. The Hall–Kier alpha value is -1.72. The molecule has 1 aromatic heterocycles. The largest absolute Gasteiger partial charge is 0.307 e. The highest BCUT2D eigenvalue weighted by Crippen LogP contribution is 2.39. The fourth-order valence-corrected chi connectivity index (χ4v) is 3.90. The van der Waals surface area contributed by atoms with E-state index in [0.717, 1.165) is 17.0 Å². The van der Waals surface area contributed by atoms with Gasteiger partial charge < -0.3 is 9.47 Å². The summed E-state index contributed by atoms with van der Waals surface area (Å²) >= 11 is 7.88. The molecule has 0 bridgehead atoms. The quantitative estimate of drug-likeness (QED) is 0.791. The van der Waals surface area contributed by atoms with Gasteiger partial charge in [0.1, 0.15) is 5.69 Å². The molecule has 6 heteroatoms. The van der Waals surface area contributed by atoms with Gasteiger partial charge in [0.15, 0.2) is 0 Å². The van der Waals surface area contributed by atoms with Gasteiger partial charge in [0, 0.05) is 34.8 Å². The summed E-state index contributed by atoms with van der Waals surface area (Å²) in [5, 5.41) is 1.01. The average Bonchev–Trinajstić information content (AvgIpc) is 2.68. The van der Waals surface area contributed by atoms with E-state index in [2.05, 4.69) is 6.92 Å². The van der Waals surface area contributed by atoms with Crippen LogP contribution >= 0.6 is 23.4 Å². The van der Waals surface area contributed by atoms with Gasteiger partial charge in [0.25, 0.3) is 11.5 Å². The predicted molar refractivity (Wildman–Crippen MR) is 94.7 cm³/mol. The number of hydrogen-bond donors (Lipinski definition) is 0. The molecule has 1 aliphatic rings. The van der Waals surface area contributed by atoms with E-state index in [-0.39, 0.29) is 11.5 Å². The highest BCUT2D eigenvalue weighted by Gasteiger charge is 2.26. The number of thioether (sulfide) groups is 1. The maximum Gasteiger partial charge on any atom is 0.275 e. The minimum absolute atomic E-state index is 0.177. The molecule has 2 aromatic rings. The van der Waals surface area contributed by atoms with E-state index in [0.29, 0.717) is 22.5 Å². The van der Waals surface area contributed by atoms with E-state index >= 15 is 0 Å². The van der Waals surface area contributed by atoms with Crippen molar-refractivity contribution in [2.45, 2.75) is 23.5 Å². The number of carbonyl (C=O) groups is 1. The number of benzene rings is 1. The Kier molecular flexibility index (Phi) is 4.50. The molecule has 0 aliphatic carbocycles. The fraction of sp³-hybridized carbons (Fsp3) is 0.294. The molecule has 1 amide bonds. The molecule has 3 rings (SSSR count). The van der Waals surface area contributed by atoms with E-state index in [9.17, 15) is 9.59 Å². The number of fused-ring (bicyclic) bond motifs is 1. The van der Waals surface area contributed by atoms with Crippen molar-refractivity contribution in [3.63, 3.8) is 0 Å². The smallest absolute Gasteiger partial charge is 0.275 e. The van der Waals surface area contributed by atoms with Crippen LogP contribution < -0.4 is 10.5 Å². The Morgan fingerprint density at radius 3 is 2.87 bits per heavy atom.